The summed E-state index contributed by atoms with van der Waals surface area (Å²) in [7, 11) is 1.81. The number of benzene rings is 1. The highest BCUT2D eigenvalue weighted by Gasteiger charge is 2.40. The Labute approximate surface area is 178 Å². The number of nitrogens with zero attached hydrogens (tertiary/aromatic N) is 3. The van der Waals surface area contributed by atoms with E-state index < -0.39 is 0 Å². The van der Waals surface area contributed by atoms with Gasteiger partial charge in [-0.05, 0) is 31.2 Å². The largest absolute Gasteiger partial charge is 0.391 e. The van der Waals surface area contributed by atoms with E-state index in [9.17, 15) is 9.90 Å². The number of aliphatic hydroxyl groups excluding tert-OH is 1. The summed E-state index contributed by atoms with van der Waals surface area (Å²) in [6.45, 7) is 3.76. The standard InChI is InChI=1S/C23H32N4O3/c1-26-16-18(15-25-26)22(29)24-17-23(19-5-3-2-4-6-19)9-7-20(21(28)8-10-23)27-11-13-30-14-12-27/h2-6,15-16,20-21,28H,7-14,17H2,1H3,(H,24,29)/t20-,21-,23+/m0/s1. The van der Waals surface area contributed by atoms with Gasteiger partial charge in [0.05, 0.1) is 31.1 Å². The number of aryl methyl sites for hydroxylation is 1. The maximum absolute atomic E-state index is 12.7. The molecule has 2 heterocycles. The number of aliphatic hydroxyl groups is 1. The Morgan fingerprint density at radius 2 is 1.97 bits per heavy atom. The van der Waals surface area contributed by atoms with E-state index in [1.54, 1.807) is 24.1 Å². The highest BCUT2D eigenvalue weighted by atomic mass is 16.5. The summed E-state index contributed by atoms with van der Waals surface area (Å²) < 4.78 is 7.13. The van der Waals surface area contributed by atoms with E-state index in [4.69, 9.17) is 4.74 Å². The molecule has 2 aromatic rings. The van der Waals surface area contributed by atoms with Gasteiger partial charge in [-0.3, -0.25) is 14.4 Å². The second kappa shape index (κ2) is 9.29. The Morgan fingerprint density at radius 3 is 2.67 bits per heavy atom. The predicted molar refractivity (Wildman–Crippen MR) is 114 cm³/mol. The Balaban J connectivity index is 1.53. The van der Waals surface area contributed by atoms with E-state index in [1.807, 2.05) is 6.07 Å². The summed E-state index contributed by atoms with van der Waals surface area (Å²) in [4.78, 5) is 15.1. The maximum atomic E-state index is 12.7. The number of ether oxygens (including phenoxy) is 1. The average Bonchev–Trinajstić information content (AvgIpc) is 3.15. The van der Waals surface area contributed by atoms with E-state index >= 15 is 0 Å². The van der Waals surface area contributed by atoms with Crippen molar-refractivity contribution in [3.05, 3.63) is 53.9 Å². The molecule has 1 saturated carbocycles. The van der Waals surface area contributed by atoms with Crippen LogP contribution in [-0.4, -0.2) is 70.7 Å². The van der Waals surface area contributed by atoms with Crippen LogP contribution in [0.5, 0.6) is 0 Å². The van der Waals surface area contributed by atoms with Gasteiger partial charge in [-0.1, -0.05) is 30.3 Å². The van der Waals surface area contributed by atoms with Gasteiger partial charge in [-0.15, -0.1) is 0 Å². The SMILES string of the molecule is Cn1cc(C(=O)NC[C@]2(c3ccccc3)CC[C@H](O)[C@@H](N3CCOCC3)CC2)cn1. The molecule has 1 aliphatic carbocycles. The third-order valence-corrected chi connectivity index (χ3v) is 6.74. The summed E-state index contributed by atoms with van der Waals surface area (Å²) in [5.41, 5.74) is 1.60. The molecule has 0 unspecified atom stereocenters. The highest BCUT2D eigenvalue weighted by molar-refractivity contribution is 5.93. The van der Waals surface area contributed by atoms with Crippen molar-refractivity contribution in [1.29, 1.82) is 0 Å². The first-order valence-electron chi connectivity index (χ1n) is 10.9. The molecule has 7 heteroatoms. The van der Waals surface area contributed by atoms with Gasteiger partial charge in [0.25, 0.3) is 5.91 Å². The number of rotatable bonds is 5. The topological polar surface area (TPSA) is 79.6 Å². The van der Waals surface area contributed by atoms with Crippen LogP contribution in [0.3, 0.4) is 0 Å². The Bertz CT molecular complexity index is 834. The summed E-state index contributed by atoms with van der Waals surface area (Å²) in [6.07, 6.45) is 6.35. The monoisotopic (exact) mass is 412 g/mol. The van der Waals surface area contributed by atoms with Gasteiger partial charge < -0.3 is 15.2 Å². The van der Waals surface area contributed by atoms with Crippen LogP contribution in [0.1, 0.15) is 41.6 Å². The lowest BCUT2D eigenvalue weighted by Crippen LogP contribution is -2.48. The van der Waals surface area contributed by atoms with Crippen LogP contribution in [0.25, 0.3) is 0 Å². The number of carbonyl (C=O) groups excluding carboxylic acids is 1. The van der Waals surface area contributed by atoms with E-state index in [-0.39, 0.29) is 23.5 Å². The van der Waals surface area contributed by atoms with Crippen molar-refractivity contribution in [2.75, 3.05) is 32.8 Å². The minimum atomic E-state index is -0.359. The van der Waals surface area contributed by atoms with Crippen LogP contribution in [0.15, 0.2) is 42.7 Å². The van der Waals surface area contributed by atoms with Gasteiger partial charge in [0.15, 0.2) is 0 Å². The molecule has 162 valence electrons. The van der Waals surface area contributed by atoms with Crippen LogP contribution in [0.4, 0.5) is 0 Å². The van der Waals surface area contributed by atoms with Gasteiger partial charge in [-0.25, -0.2) is 0 Å². The maximum Gasteiger partial charge on any atom is 0.254 e. The number of hydrogen-bond donors (Lipinski definition) is 2. The van der Waals surface area contributed by atoms with Crippen molar-refractivity contribution < 1.29 is 14.6 Å². The molecule has 2 aliphatic rings. The molecule has 0 radical (unpaired) electrons. The molecule has 0 spiro atoms. The Kier molecular flexibility index (Phi) is 6.51. The van der Waals surface area contributed by atoms with E-state index in [0.717, 1.165) is 52.0 Å². The predicted octanol–water partition coefficient (Wildman–Crippen LogP) is 1.72. The zero-order chi connectivity index (χ0) is 21.0. The second-order valence-corrected chi connectivity index (χ2v) is 8.59. The lowest BCUT2D eigenvalue weighted by molar-refractivity contribution is -0.0236. The fourth-order valence-corrected chi connectivity index (χ4v) is 4.94. The van der Waals surface area contributed by atoms with Crippen LogP contribution in [0.2, 0.25) is 0 Å². The molecule has 1 aromatic carbocycles. The van der Waals surface area contributed by atoms with Crippen molar-refractivity contribution in [3.8, 4) is 0 Å². The number of aromatic nitrogens is 2. The lowest BCUT2D eigenvalue weighted by atomic mass is 9.74. The summed E-state index contributed by atoms with van der Waals surface area (Å²) in [6, 6.07) is 10.6. The van der Waals surface area contributed by atoms with Crippen LogP contribution in [-0.2, 0) is 17.2 Å². The molecule has 3 atom stereocenters. The first kappa shape index (κ1) is 21.0. The van der Waals surface area contributed by atoms with Crippen LogP contribution >= 0.6 is 0 Å². The second-order valence-electron chi connectivity index (χ2n) is 8.59. The van der Waals surface area contributed by atoms with Gasteiger partial charge in [0.1, 0.15) is 0 Å². The zero-order valence-electron chi connectivity index (χ0n) is 17.7. The van der Waals surface area contributed by atoms with Crippen molar-refractivity contribution in [2.24, 2.45) is 7.05 Å². The highest BCUT2D eigenvalue weighted by Crippen LogP contribution is 2.39. The Hall–Kier alpha value is -2.22. The van der Waals surface area contributed by atoms with Gasteiger partial charge in [0, 0.05) is 44.3 Å². The first-order chi connectivity index (χ1) is 14.6. The number of morpholine rings is 1. The van der Waals surface area contributed by atoms with Gasteiger partial charge in [-0.2, -0.15) is 5.10 Å². The summed E-state index contributed by atoms with van der Waals surface area (Å²) in [5.74, 6) is -0.104. The normalized spacial score (nSPS) is 28.1. The smallest absolute Gasteiger partial charge is 0.254 e. The fourth-order valence-electron chi connectivity index (χ4n) is 4.94. The summed E-state index contributed by atoms with van der Waals surface area (Å²) >= 11 is 0. The Morgan fingerprint density at radius 1 is 1.23 bits per heavy atom. The molecule has 7 nitrogen and oxygen atoms in total. The number of amides is 1. The molecule has 30 heavy (non-hydrogen) atoms. The molecule has 4 rings (SSSR count). The third-order valence-electron chi connectivity index (χ3n) is 6.74. The molecule has 2 N–H and O–H groups in total. The molecule has 2 fully saturated rings. The minimum absolute atomic E-state index is 0.104. The average molecular weight is 413 g/mol. The number of hydrogen-bond acceptors (Lipinski definition) is 5. The van der Waals surface area contributed by atoms with Crippen LogP contribution < -0.4 is 5.32 Å². The molecule has 1 aromatic heterocycles. The van der Waals surface area contributed by atoms with Crippen molar-refractivity contribution in [1.82, 2.24) is 20.0 Å². The van der Waals surface area contributed by atoms with Crippen molar-refractivity contribution in [2.45, 2.75) is 43.2 Å². The van der Waals surface area contributed by atoms with E-state index in [1.165, 1.54) is 5.56 Å². The van der Waals surface area contributed by atoms with Crippen molar-refractivity contribution >= 4 is 5.91 Å². The first-order valence-corrected chi connectivity index (χ1v) is 10.9. The molecular weight excluding hydrogens is 380 g/mol. The molecule has 1 saturated heterocycles. The number of nitrogens with one attached hydrogen (secondary N) is 1. The van der Waals surface area contributed by atoms with Gasteiger partial charge in [0.2, 0.25) is 0 Å². The fraction of sp³-hybridized carbons (Fsp3) is 0.565. The minimum Gasteiger partial charge on any atom is -0.391 e. The zero-order valence-corrected chi connectivity index (χ0v) is 17.7. The third kappa shape index (κ3) is 4.58. The molecule has 0 bridgehead atoms. The van der Waals surface area contributed by atoms with Crippen molar-refractivity contribution in [3.63, 3.8) is 0 Å². The van der Waals surface area contributed by atoms with E-state index in [0.29, 0.717) is 12.1 Å². The van der Waals surface area contributed by atoms with E-state index in [2.05, 4.69) is 39.6 Å². The molecular formula is C23H32N4O3. The summed E-state index contributed by atoms with van der Waals surface area (Å²) in [5, 5.41) is 18.2. The number of carbonyl (C=O) groups is 1. The lowest BCUT2D eigenvalue weighted by Gasteiger charge is -2.37. The van der Waals surface area contributed by atoms with Gasteiger partial charge >= 0.3 is 0 Å². The van der Waals surface area contributed by atoms with Crippen LogP contribution in [0, 0.1) is 0 Å². The molecule has 1 amide bonds. The quantitative estimate of drug-likeness (QED) is 0.731. The molecule has 1 aliphatic heterocycles.